The lowest BCUT2D eigenvalue weighted by Gasteiger charge is -2.32. The van der Waals surface area contributed by atoms with Crippen LogP contribution >= 0.6 is 0 Å². The van der Waals surface area contributed by atoms with Crippen LogP contribution in [-0.4, -0.2) is 12.6 Å². The second-order valence-corrected chi connectivity index (χ2v) is 6.52. The summed E-state index contributed by atoms with van der Waals surface area (Å²) in [7, 11) is 0. The Morgan fingerprint density at radius 1 is 1.24 bits per heavy atom. The van der Waals surface area contributed by atoms with Gasteiger partial charge in [-0.25, -0.2) is 0 Å². The van der Waals surface area contributed by atoms with Crippen molar-refractivity contribution in [3.05, 3.63) is 0 Å². The standard InChI is InChI=1S/C15H28N2/c1-12-6-7-14(10-13(12)2)17-9-5-8-15(3,4)11-16/h12-14,17H,5-10H2,1-4H3. The molecular weight excluding hydrogens is 208 g/mol. The highest BCUT2D eigenvalue weighted by Gasteiger charge is 2.24. The van der Waals surface area contributed by atoms with Gasteiger partial charge in [0.1, 0.15) is 0 Å². The second-order valence-electron chi connectivity index (χ2n) is 6.52. The molecule has 0 aromatic rings. The van der Waals surface area contributed by atoms with E-state index in [0.29, 0.717) is 6.04 Å². The average molecular weight is 236 g/mol. The molecular formula is C15H28N2. The van der Waals surface area contributed by atoms with Gasteiger partial charge in [-0.3, -0.25) is 0 Å². The van der Waals surface area contributed by atoms with Gasteiger partial charge in [0.15, 0.2) is 0 Å². The molecule has 0 heterocycles. The molecule has 17 heavy (non-hydrogen) atoms. The van der Waals surface area contributed by atoms with E-state index in [1.54, 1.807) is 0 Å². The molecule has 0 aromatic heterocycles. The molecule has 0 aliphatic heterocycles. The molecule has 2 nitrogen and oxygen atoms in total. The zero-order chi connectivity index (χ0) is 12.9. The van der Waals surface area contributed by atoms with Crippen molar-refractivity contribution < 1.29 is 0 Å². The largest absolute Gasteiger partial charge is 0.314 e. The lowest BCUT2D eigenvalue weighted by molar-refractivity contribution is 0.225. The highest BCUT2D eigenvalue weighted by molar-refractivity contribution is 4.91. The van der Waals surface area contributed by atoms with E-state index >= 15 is 0 Å². The van der Waals surface area contributed by atoms with Crippen molar-refractivity contribution in [3.63, 3.8) is 0 Å². The van der Waals surface area contributed by atoms with Gasteiger partial charge in [-0.2, -0.15) is 5.26 Å². The van der Waals surface area contributed by atoms with Crippen LogP contribution in [0.15, 0.2) is 0 Å². The van der Waals surface area contributed by atoms with Gasteiger partial charge in [-0.05, 0) is 64.3 Å². The Hall–Kier alpha value is -0.550. The first-order chi connectivity index (χ1) is 7.94. The fourth-order valence-electron chi connectivity index (χ4n) is 2.63. The van der Waals surface area contributed by atoms with Crippen molar-refractivity contribution in [3.8, 4) is 6.07 Å². The Bertz CT molecular complexity index is 265. The molecule has 1 N–H and O–H groups in total. The van der Waals surface area contributed by atoms with Gasteiger partial charge in [0, 0.05) is 6.04 Å². The molecule has 2 heteroatoms. The molecule has 1 aliphatic rings. The van der Waals surface area contributed by atoms with Crippen LogP contribution in [0.3, 0.4) is 0 Å². The van der Waals surface area contributed by atoms with E-state index in [1.165, 1.54) is 19.3 Å². The number of nitriles is 1. The zero-order valence-electron chi connectivity index (χ0n) is 11.9. The predicted octanol–water partition coefficient (Wildman–Crippen LogP) is 3.73. The second kappa shape index (κ2) is 6.40. The molecule has 0 aromatic carbocycles. The summed E-state index contributed by atoms with van der Waals surface area (Å²) in [6.07, 6.45) is 6.12. The number of hydrogen-bond donors (Lipinski definition) is 1. The number of nitrogens with zero attached hydrogens (tertiary/aromatic N) is 1. The summed E-state index contributed by atoms with van der Waals surface area (Å²) < 4.78 is 0. The Morgan fingerprint density at radius 3 is 2.53 bits per heavy atom. The molecule has 98 valence electrons. The third-order valence-electron chi connectivity index (χ3n) is 4.31. The van der Waals surface area contributed by atoms with Gasteiger partial charge < -0.3 is 5.32 Å². The molecule has 3 unspecified atom stereocenters. The van der Waals surface area contributed by atoms with Crippen molar-refractivity contribution in [2.24, 2.45) is 17.3 Å². The first-order valence-corrected chi connectivity index (χ1v) is 7.09. The molecule has 0 saturated heterocycles. The first kappa shape index (κ1) is 14.5. The van der Waals surface area contributed by atoms with E-state index in [9.17, 15) is 0 Å². The van der Waals surface area contributed by atoms with Crippen molar-refractivity contribution in [1.29, 1.82) is 5.26 Å². The fourth-order valence-corrected chi connectivity index (χ4v) is 2.63. The summed E-state index contributed by atoms with van der Waals surface area (Å²) in [5, 5.41) is 12.6. The van der Waals surface area contributed by atoms with Gasteiger partial charge in [0.2, 0.25) is 0 Å². The maximum atomic E-state index is 8.94. The first-order valence-electron chi connectivity index (χ1n) is 7.09. The number of hydrogen-bond acceptors (Lipinski definition) is 2. The zero-order valence-corrected chi connectivity index (χ0v) is 11.9. The summed E-state index contributed by atoms with van der Waals surface area (Å²) in [6, 6.07) is 3.08. The van der Waals surface area contributed by atoms with Gasteiger partial charge in [-0.15, -0.1) is 0 Å². The van der Waals surface area contributed by atoms with E-state index in [1.807, 2.05) is 13.8 Å². The minimum absolute atomic E-state index is 0.157. The molecule has 0 bridgehead atoms. The third-order valence-corrected chi connectivity index (χ3v) is 4.31. The molecule has 3 atom stereocenters. The minimum atomic E-state index is -0.157. The minimum Gasteiger partial charge on any atom is -0.314 e. The topological polar surface area (TPSA) is 35.8 Å². The van der Waals surface area contributed by atoms with E-state index in [-0.39, 0.29) is 5.41 Å². The Labute approximate surface area is 107 Å². The third kappa shape index (κ3) is 5.08. The maximum absolute atomic E-state index is 8.94. The molecule has 0 spiro atoms. The summed E-state index contributed by atoms with van der Waals surface area (Å²) in [5.41, 5.74) is -0.157. The molecule has 0 amide bonds. The number of rotatable bonds is 5. The van der Waals surface area contributed by atoms with Gasteiger partial charge >= 0.3 is 0 Å². The molecule has 1 rings (SSSR count). The quantitative estimate of drug-likeness (QED) is 0.738. The normalized spacial score (nSPS) is 29.9. The van der Waals surface area contributed by atoms with Crippen LogP contribution in [0.1, 0.15) is 59.8 Å². The van der Waals surface area contributed by atoms with Crippen LogP contribution in [0, 0.1) is 28.6 Å². The lowest BCUT2D eigenvalue weighted by atomic mass is 9.79. The van der Waals surface area contributed by atoms with Crippen LogP contribution in [0.2, 0.25) is 0 Å². The summed E-state index contributed by atoms with van der Waals surface area (Å²) in [4.78, 5) is 0. The number of nitrogens with one attached hydrogen (secondary N) is 1. The molecule has 1 saturated carbocycles. The highest BCUT2D eigenvalue weighted by atomic mass is 14.9. The van der Waals surface area contributed by atoms with Gasteiger partial charge in [0.25, 0.3) is 0 Å². The molecule has 1 aliphatic carbocycles. The summed E-state index contributed by atoms with van der Waals surface area (Å²) in [6.45, 7) is 9.86. The van der Waals surface area contributed by atoms with Crippen LogP contribution in [-0.2, 0) is 0 Å². The Balaban J connectivity index is 2.14. The SMILES string of the molecule is CC1CCC(NCCCC(C)(C)C#N)CC1C. The van der Waals surface area contributed by atoms with Crippen molar-refractivity contribution in [2.45, 2.75) is 65.8 Å². The average Bonchev–Trinajstić information content (AvgIpc) is 2.29. The smallest absolute Gasteiger partial charge is 0.0683 e. The predicted molar refractivity (Wildman–Crippen MR) is 72.6 cm³/mol. The highest BCUT2D eigenvalue weighted by Crippen LogP contribution is 2.29. The van der Waals surface area contributed by atoms with Crippen molar-refractivity contribution in [2.75, 3.05) is 6.54 Å². The van der Waals surface area contributed by atoms with Gasteiger partial charge in [0.05, 0.1) is 11.5 Å². The molecule has 1 fully saturated rings. The van der Waals surface area contributed by atoms with Crippen LogP contribution in [0.5, 0.6) is 0 Å². The monoisotopic (exact) mass is 236 g/mol. The van der Waals surface area contributed by atoms with E-state index in [4.69, 9.17) is 5.26 Å². The van der Waals surface area contributed by atoms with Crippen LogP contribution < -0.4 is 5.32 Å². The summed E-state index contributed by atoms with van der Waals surface area (Å²) in [5.74, 6) is 1.75. The van der Waals surface area contributed by atoms with Gasteiger partial charge in [-0.1, -0.05) is 13.8 Å². The van der Waals surface area contributed by atoms with Crippen LogP contribution in [0.25, 0.3) is 0 Å². The Morgan fingerprint density at radius 2 is 1.94 bits per heavy atom. The maximum Gasteiger partial charge on any atom is 0.0683 e. The van der Waals surface area contributed by atoms with Crippen molar-refractivity contribution >= 4 is 0 Å². The van der Waals surface area contributed by atoms with E-state index in [0.717, 1.165) is 31.2 Å². The van der Waals surface area contributed by atoms with Crippen molar-refractivity contribution in [1.82, 2.24) is 5.32 Å². The van der Waals surface area contributed by atoms with Crippen LogP contribution in [0.4, 0.5) is 0 Å². The van der Waals surface area contributed by atoms with E-state index < -0.39 is 0 Å². The Kier molecular flexibility index (Phi) is 5.46. The summed E-state index contributed by atoms with van der Waals surface area (Å²) >= 11 is 0. The lowest BCUT2D eigenvalue weighted by Crippen LogP contribution is -2.36. The fraction of sp³-hybridized carbons (Fsp3) is 0.933. The van der Waals surface area contributed by atoms with E-state index in [2.05, 4.69) is 25.2 Å². The molecule has 0 radical (unpaired) electrons.